The molecular weight excluding hydrogens is 306 g/mol. The fourth-order valence-corrected chi connectivity index (χ4v) is 3.64. The zero-order chi connectivity index (χ0) is 16.5. The van der Waals surface area contributed by atoms with Gasteiger partial charge in [-0.1, -0.05) is 11.2 Å². The standard InChI is InChI=1S/C14H17N3O4S/c1-8-11(14(18)15-4)6-5-7-12(8)17-22(19,20)13-9(2)16-21-10(13)3/h5-7,17H,1-4H3,(H,15,18). The zero-order valence-electron chi connectivity index (χ0n) is 12.7. The Labute approximate surface area is 128 Å². The van der Waals surface area contributed by atoms with Crippen molar-refractivity contribution in [3.63, 3.8) is 0 Å². The topological polar surface area (TPSA) is 101 Å². The largest absolute Gasteiger partial charge is 0.360 e. The average molecular weight is 323 g/mol. The second-order valence-corrected chi connectivity index (χ2v) is 6.44. The van der Waals surface area contributed by atoms with E-state index in [1.165, 1.54) is 14.0 Å². The van der Waals surface area contributed by atoms with Gasteiger partial charge in [-0.3, -0.25) is 9.52 Å². The number of anilines is 1. The SMILES string of the molecule is CNC(=O)c1cccc(NS(=O)(=O)c2c(C)noc2C)c1C. The predicted molar refractivity (Wildman–Crippen MR) is 81.4 cm³/mol. The lowest BCUT2D eigenvalue weighted by Crippen LogP contribution is -2.20. The number of nitrogens with zero attached hydrogens (tertiary/aromatic N) is 1. The number of rotatable bonds is 4. The highest BCUT2D eigenvalue weighted by Gasteiger charge is 2.25. The Morgan fingerprint density at radius 3 is 2.45 bits per heavy atom. The molecule has 118 valence electrons. The molecule has 8 heteroatoms. The zero-order valence-corrected chi connectivity index (χ0v) is 13.5. The van der Waals surface area contributed by atoms with Crippen LogP contribution >= 0.6 is 0 Å². The van der Waals surface area contributed by atoms with Gasteiger partial charge in [0.1, 0.15) is 5.69 Å². The Hall–Kier alpha value is -2.35. The van der Waals surface area contributed by atoms with E-state index in [0.717, 1.165) is 0 Å². The molecule has 1 amide bonds. The molecule has 0 atom stereocenters. The van der Waals surface area contributed by atoms with E-state index in [0.29, 0.717) is 16.8 Å². The van der Waals surface area contributed by atoms with E-state index in [1.54, 1.807) is 32.0 Å². The first-order valence-corrected chi connectivity index (χ1v) is 8.03. The molecule has 0 aliphatic rings. The van der Waals surface area contributed by atoms with Crippen molar-refractivity contribution in [3.05, 3.63) is 40.8 Å². The molecule has 0 saturated heterocycles. The van der Waals surface area contributed by atoms with Crippen LogP contribution in [0.1, 0.15) is 27.4 Å². The van der Waals surface area contributed by atoms with Crippen molar-refractivity contribution in [1.29, 1.82) is 0 Å². The Kier molecular flexibility index (Phi) is 4.23. The summed E-state index contributed by atoms with van der Waals surface area (Å²) in [6, 6.07) is 4.84. The number of hydrogen-bond acceptors (Lipinski definition) is 5. The lowest BCUT2D eigenvalue weighted by Gasteiger charge is -2.13. The highest BCUT2D eigenvalue weighted by molar-refractivity contribution is 7.92. The molecule has 0 fully saturated rings. The number of aromatic nitrogens is 1. The van der Waals surface area contributed by atoms with Crippen LogP contribution in [0.2, 0.25) is 0 Å². The maximum atomic E-state index is 12.5. The molecule has 2 rings (SSSR count). The lowest BCUT2D eigenvalue weighted by molar-refractivity contribution is 0.0962. The Bertz CT molecular complexity index is 805. The van der Waals surface area contributed by atoms with Gasteiger partial charge in [-0.2, -0.15) is 0 Å². The average Bonchev–Trinajstić information content (AvgIpc) is 2.80. The van der Waals surface area contributed by atoms with Crippen LogP contribution in [0.4, 0.5) is 5.69 Å². The van der Waals surface area contributed by atoms with Gasteiger partial charge in [0.25, 0.3) is 15.9 Å². The van der Waals surface area contributed by atoms with E-state index in [2.05, 4.69) is 15.2 Å². The number of nitrogens with one attached hydrogen (secondary N) is 2. The molecule has 0 unspecified atom stereocenters. The third kappa shape index (κ3) is 2.82. The Morgan fingerprint density at radius 1 is 1.23 bits per heavy atom. The third-order valence-electron chi connectivity index (χ3n) is 3.29. The molecule has 1 heterocycles. The number of benzene rings is 1. The van der Waals surface area contributed by atoms with E-state index in [-0.39, 0.29) is 22.3 Å². The summed E-state index contributed by atoms with van der Waals surface area (Å²) in [6.07, 6.45) is 0. The Balaban J connectivity index is 2.45. The molecule has 0 aliphatic heterocycles. The molecule has 0 radical (unpaired) electrons. The smallest absolute Gasteiger partial charge is 0.267 e. The van der Waals surface area contributed by atoms with Crippen LogP contribution in [0.3, 0.4) is 0 Å². The van der Waals surface area contributed by atoms with Gasteiger partial charge in [-0.15, -0.1) is 0 Å². The van der Waals surface area contributed by atoms with Crippen LogP contribution in [0, 0.1) is 20.8 Å². The van der Waals surface area contributed by atoms with E-state index >= 15 is 0 Å². The van der Waals surface area contributed by atoms with E-state index in [9.17, 15) is 13.2 Å². The first-order chi connectivity index (χ1) is 10.3. The highest BCUT2D eigenvalue weighted by Crippen LogP contribution is 2.25. The molecule has 0 spiro atoms. The summed E-state index contributed by atoms with van der Waals surface area (Å²) >= 11 is 0. The summed E-state index contributed by atoms with van der Waals surface area (Å²) in [5, 5.41) is 6.16. The van der Waals surface area contributed by atoms with Gasteiger partial charge in [0.15, 0.2) is 10.7 Å². The molecule has 2 aromatic rings. The summed E-state index contributed by atoms with van der Waals surface area (Å²) in [4.78, 5) is 11.8. The predicted octanol–water partition coefficient (Wildman–Crippen LogP) is 1.76. The molecule has 1 aromatic heterocycles. The minimum atomic E-state index is -3.84. The molecule has 2 N–H and O–H groups in total. The molecule has 0 aliphatic carbocycles. The fraction of sp³-hybridized carbons (Fsp3) is 0.286. The second kappa shape index (κ2) is 5.80. The maximum absolute atomic E-state index is 12.5. The fourth-order valence-electron chi connectivity index (χ4n) is 2.18. The number of carbonyl (C=O) groups excluding carboxylic acids is 1. The second-order valence-electron chi connectivity index (χ2n) is 4.82. The van der Waals surface area contributed by atoms with E-state index < -0.39 is 10.0 Å². The van der Waals surface area contributed by atoms with Crippen molar-refractivity contribution in [1.82, 2.24) is 10.5 Å². The van der Waals surface area contributed by atoms with Crippen LogP contribution < -0.4 is 10.0 Å². The van der Waals surface area contributed by atoms with E-state index in [4.69, 9.17) is 4.52 Å². The van der Waals surface area contributed by atoms with Gasteiger partial charge in [-0.05, 0) is 38.5 Å². The number of carbonyl (C=O) groups is 1. The summed E-state index contributed by atoms with van der Waals surface area (Å²) < 4.78 is 32.4. The van der Waals surface area contributed by atoms with Gasteiger partial charge >= 0.3 is 0 Å². The highest BCUT2D eigenvalue weighted by atomic mass is 32.2. The van der Waals surface area contributed by atoms with Gasteiger partial charge in [0, 0.05) is 12.6 Å². The number of hydrogen-bond donors (Lipinski definition) is 2. The number of aryl methyl sites for hydroxylation is 2. The van der Waals surface area contributed by atoms with Gasteiger partial charge < -0.3 is 9.84 Å². The van der Waals surface area contributed by atoms with Crippen LogP contribution in [-0.2, 0) is 10.0 Å². The minimum Gasteiger partial charge on any atom is -0.360 e. The first kappa shape index (κ1) is 16.0. The molecule has 7 nitrogen and oxygen atoms in total. The number of amides is 1. The number of sulfonamides is 1. The minimum absolute atomic E-state index is 0.0113. The van der Waals surface area contributed by atoms with Crippen LogP contribution in [-0.4, -0.2) is 26.5 Å². The molecule has 22 heavy (non-hydrogen) atoms. The maximum Gasteiger partial charge on any atom is 0.267 e. The summed E-state index contributed by atoms with van der Waals surface area (Å²) in [6.45, 7) is 4.76. The molecule has 0 bridgehead atoms. The van der Waals surface area contributed by atoms with Gasteiger partial charge in [0.2, 0.25) is 0 Å². The van der Waals surface area contributed by atoms with Crippen molar-refractivity contribution < 1.29 is 17.7 Å². The molecule has 1 aromatic carbocycles. The first-order valence-electron chi connectivity index (χ1n) is 6.55. The van der Waals surface area contributed by atoms with Crippen molar-refractivity contribution in [2.45, 2.75) is 25.7 Å². The molecular formula is C14H17N3O4S. The Morgan fingerprint density at radius 2 is 1.91 bits per heavy atom. The van der Waals surface area contributed by atoms with Crippen molar-refractivity contribution in [2.75, 3.05) is 11.8 Å². The summed E-state index contributed by atoms with van der Waals surface area (Å²) in [5.41, 5.74) is 1.56. The van der Waals surface area contributed by atoms with Gasteiger partial charge in [0.05, 0.1) is 5.69 Å². The van der Waals surface area contributed by atoms with Crippen molar-refractivity contribution >= 4 is 21.6 Å². The van der Waals surface area contributed by atoms with Gasteiger partial charge in [-0.25, -0.2) is 8.42 Å². The normalized spacial score (nSPS) is 11.3. The van der Waals surface area contributed by atoms with Crippen LogP contribution in [0.5, 0.6) is 0 Å². The van der Waals surface area contributed by atoms with Crippen molar-refractivity contribution in [2.24, 2.45) is 0 Å². The quantitative estimate of drug-likeness (QED) is 0.893. The summed E-state index contributed by atoms with van der Waals surface area (Å²) in [5.74, 6) is -0.0685. The molecule has 0 saturated carbocycles. The van der Waals surface area contributed by atoms with Crippen LogP contribution in [0.15, 0.2) is 27.6 Å². The lowest BCUT2D eigenvalue weighted by atomic mass is 10.1. The monoisotopic (exact) mass is 323 g/mol. The van der Waals surface area contributed by atoms with E-state index in [1.807, 2.05) is 0 Å². The van der Waals surface area contributed by atoms with Crippen molar-refractivity contribution in [3.8, 4) is 0 Å². The van der Waals surface area contributed by atoms with Crippen LogP contribution in [0.25, 0.3) is 0 Å². The summed E-state index contributed by atoms with van der Waals surface area (Å²) in [7, 11) is -2.32. The third-order valence-corrected chi connectivity index (χ3v) is 4.90.